The number of nitrogens with one attached hydrogen (secondary N) is 2. The van der Waals surface area contributed by atoms with E-state index in [4.69, 9.17) is 9.47 Å². The van der Waals surface area contributed by atoms with Gasteiger partial charge >= 0.3 is 0 Å². The van der Waals surface area contributed by atoms with Crippen molar-refractivity contribution in [3.8, 4) is 0 Å². The largest absolute Gasteiger partial charge is 0.381 e. The predicted octanol–water partition coefficient (Wildman–Crippen LogP) is 3.96. The van der Waals surface area contributed by atoms with Crippen molar-refractivity contribution in [3.63, 3.8) is 0 Å². The number of nitrogens with zero attached hydrogens (tertiary/aromatic N) is 1. The molecule has 0 aromatic carbocycles. The molecule has 6 heteroatoms. The Hall–Kier alpha value is -0.0800. The van der Waals surface area contributed by atoms with E-state index >= 15 is 0 Å². The third kappa shape index (κ3) is 10.9. The van der Waals surface area contributed by atoms with Crippen LogP contribution in [0.3, 0.4) is 0 Å². The molecule has 0 bridgehead atoms. The van der Waals surface area contributed by atoms with Gasteiger partial charge in [0.05, 0.1) is 0 Å². The molecular weight excluding hydrogens is 441 g/mol. The molecule has 5 nitrogen and oxygen atoms in total. The van der Waals surface area contributed by atoms with Crippen LogP contribution in [0.2, 0.25) is 0 Å². The van der Waals surface area contributed by atoms with Crippen molar-refractivity contribution in [3.05, 3.63) is 0 Å². The smallest absolute Gasteiger partial charge is 0.190 e. The van der Waals surface area contributed by atoms with Gasteiger partial charge in [-0.05, 0) is 37.5 Å². The van der Waals surface area contributed by atoms with Gasteiger partial charge in [0.1, 0.15) is 0 Å². The Bertz CT molecular complexity index is 357. The summed E-state index contributed by atoms with van der Waals surface area (Å²) < 4.78 is 11.2. The second-order valence-electron chi connectivity index (χ2n) is 7.56. The maximum atomic E-state index is 5.79. The Balaban J connectivity index is 0.00000338. The number of rotatable bonds is 11. The highest BCUT2D eigenvalue weighted by atomic mass is 127. The number of unbranched alkanes of at least 4 members (excludes halogenated alkanes) is 1. The lowest BCUT2D eigenvalue weighted by Gasteiger charge is -2.21. The average Bonchev–Trinajstić information content (AvgIpc) is 3.17. The molecule has 2 rings (SSSR count). The lowest BCUT2D eigenvalue weighted by Crippen LogP contribution is -2.38. The number of guanidine groups is 1. The van der Waals surface area contributed by atoms with Gasteiger partial charge in [-0.1, -0.05) is 38.5 Å². The van der Waals surface area contributed by atoms with Gasteiger partial charge in [0.15, 0.2) is 5.96 Å². The summed E-state index contributed by atoms with van der Waals surface area (Å²) in [6.45, 7) is 5.44. The average molecular weight is 481 g/mol. The fraction of sp³-hybridized carbons (Fsp3) is 0.950. The molecular formula is C20H40IN3O2. The van der Waals surface area contributed by atoms with Crippen LogP contribution in [-0.2, 0) is 9.47 Å². The summed E-state index contributed by atoms with van der Waals surface area (Å²) >= 11 is 0. The summed E-state index contributed by atoms with van der Waals surface area (Å²) in [6.07, 6.45) is 13.2. The summed E-state index contributed by atoms with van der Waals surface area (Å²) in [4.78, 5) is 4.29. The highest BCUT2D eigenvalue weighted by molar-refractivity contribution is 14.0. The van der Waals surface area contributed by atoms with Crippen molar-refractivity contribution >= 4 is 29.9 Å². The summed E-state index contributed by atoms with van der Waals surface area (Å²) in [5, 5.41) is 6.80. The van der Waals surface area contributed by atoms with Gasteiger partial charge in [0.25, 0.3) is 0 Å². The Labute approximate surface area is 177 Å². The van der Waals surface area contributed by atoms with Gasteiger partial charge in [-0.3, -0.25) is 4.99 Å². The number of ether oxygens (including phenoxy) is 2. The molecule has 0 atom stereocenters. The van der Waals surface area contributed by atoms with Crippen LogP contribution in [0.1, 0.15) is 64.2 Å². The standard InChI is InChI=1S/C20H39N3O2.HI/c1-21-20(22-12-5-4-9-18-7-2-3-8-18)23-13-6-14-25-17-19-10-15-24-16-11-19;/h18-19H,2-17H2,1H3,(H2,21,22,23);1H. The molecule has 0 aromatic rings. The maximum Gasteiger partial charge on any atom is 0.190 e. The van der Waals surface area contributed by atoms with E-state index in [2.05, 4.69) is 15.6 Å². The molecule has 1 aliphatic carbocycles. The third-order valence-electron chi connectivity index (χ3n) is 5.48. The van der Waals surface area contributed by atoms with Crippen molar-refractivity contribution < 1.29 is 9.47 Å². The van der Waals surface area contributed by atoms with Crippen LogP contribution >= 0.6 is 24.0 Å². The van der Waals surface area contributed by atoms with Crippen molar-refractivity contribution in [2.75, 3.05) is 46.6 Å². The first-order valence-electron chi connectivity index (χ1n) is 10.5. The van der Waals surface area contributed by atoms with Crippen LogP contribution in [0.4, 0.5) is 0 Å². The van der Waals surface area contributed by atoms with Crippen molar-refractivity contribution in [1.82, 2.24) is 10.6 Å². The normalized spacial score (nSPS) is 19.3. The van der Waals surface area contributed by atoms with E-state index in [1.807, 2.05) is 7.05 Å². The van der Waals surface area contributed by atoms with Crippen LogP contribution in [0.25, 0.3) is 0 Å². The molecule has 0 unspecified atom stereocenters. The second-order valence-corrected chi connectivity index (χ2v) is 7.56. The molecule has 1 saturated carbocycles. The van der Waals surface area contributed by atoms with E-state index < -0.39 is 0 Å². The fourth-order valence-corrected chi connectivity index (χ4v) is 3.83. The molecule has 1 heterocycles. The van der Waals surface area contributed by atoms with Crippen LogP contribution in [0.15, 0.2) is 4.99 Å². The Morgan fingerprint density at radius 2 is 1.65 bits per heavy atom. The summed E-state index contributed by atoms with van der Waals surface area (Å²) in [6, 6.07) is 0. The van der Waals surface area contributed by atoms with E-state index in [1.54, 1.807) is 0 Å². The first kappa shape index (κ1) is 24.0. The van der Waals surface area contributed by atoms with Crippen LogP contribution in [0, 0.1) is 11.8 Å². The van der Waals surface area contributed by atoms with E-state index in [0.29, 0.717) is 5.92 Å². The monoisotopic (exact) mass is 481 g/mol. The summed E-state index contributed by atoms with van der Waals surface area (Å²) in [5.74, 6) is 2.63. The Morgan fingerprint density at radius 1 is 0.962 bits per heavy atom. The minimum Gasteiger partial charge on any atom is -0.381 e. The second kappa shape index (κ2) is 15.9. The van der Waals surface area contributed by atoms with Gasteiger partial charge in [-0.15, -0.1) is 24.0 Å². The van der Waals surface area contributed by atoms with Gasteiger partial charge in [0.2, 0.25) is 0 Å². The van der Waals surface area contributed by atoms with Crippen LogP contribution < -0.4 is 10.6 Å². The number of halogens is 1. The molecule has 2 fully saturated rings. The zero-order valence-corrected chi connectivity index (χ0v) is 19.0. The lowest BCUT2D eigenvalue weighted by molar-refractivity contribution is 0.0203. The number of hydrogen-bond acceptors (Lipinski definition) is 3. The summed E-state index contributed by atoms with van der Waals surface area (Å²) in [5.41, 5.74) is 0. The third-order valence-corrected chi connectivity index (χ3v) is 5.48. The van der Waals surface area contributed by atoms with E-state index in [9.17, 15) is 0 Å². The predicted molar refractivity (Wildman–Crippen MR) is 120 cm³/mol. The van der Waals surface area contributed by atoms with Crippen molar-refractivity contribution in [2.45, 2.75) is 64.2 Å². The first-order chi connectivity index (χ1) is 12.4. The van der Waals surface area contributed by atoms with Crippen molar-refractivity contribution in [2.24, 2.45) is 16.8 Å². The summed E-state index contributed by atoms with van der Waals surface area (Å²) in [7, 11) is 1.84. The molecule has 1 saturated heterocycles. The minimum absolute atomic E-state index is 0. The topological polar surface area (TPSA) is 54.9 Å². The zero-order chi connectivity index (χ0) is 17.6. The van der Waals surface area contributed by atoms with E-state index in [1.165, 1.54) is 44.9 Å². The molecule has 0 spiro atoms. The molecule has 2 aliphatic rings. The number of hydrogen-bond donors (Lipinski definition) is 2. The fourth-order valence-electron chi connectivity index (χ4n) is 3.83. The Morgan fingerprint density at radius 3 is 2.35 bits per heavy atom. The maximum absolute atomic E-state index is 5.79. The van der Waals surface area contributed by atoms with E-state index in [-0.39, 0.29) is 24.0 Å². The van der Waals surface area contributed by atoms with Gasteiger partial charge < -0.3 is 20.1 Å². The zero-order valence-electron chi connectivity index (χ0n) is 16.6. The van der Waals surface area contributed by atoms with Crippen LogP contribution in [0.5, 0.6) is 0 Å². The molecule has 0 radical (unpaired) electrons. The van der Waals surface area contributed by atoms with Crippen LogP contribution in [-0.4, -0.2) is 52.5 Å². The van der Waals surface area contributed by atoms with Gasteiger partial charge in [0, 0.05) is 46.6 Å². The Kier molecular flexibility index (Phi) is 14.7. The van der Waals surface area contributed by atoms with Gasteiger partial charge in [-0.25, -0.2) is 0 Å². The quantitative estimate of drug-likeness (QED) is 0.203. The first-order valence-corrected chi connectivity index (χ1v) is 10.5. The molecule has 0 amide bonds. The minimum atomic E-state index is 0. The highest BCUT2D eigenvalue weighted by Gasteiger charge is 2.14. The SMILES string of the molecule is CN=C(NCCCCC1CCCC1)NCCCOCC1CCOCC1.I. The van der Waals surface area contributed by atoms with E-state index in [0.717, 1.165) is 70.7 Å². The molecule has 154 valence electrons. The highest BCUT2D eigenvalue weighted by Crippen LogP contribution is 2.28. The number of aliphatic imine (C=N–C) groups is 1. The van der Waals surface area contributed by atoms with Crippen molar-refractivity contribution in [1.29, 1.82) is 0 Å². The molecule has 0 aromatic heterocycles. The molecule has 1 aliphatic heterocycles. The van der Waals surface area contributed by atoms with Gasteiger partial charge in [-0.2, -0.15) is 0 Å². The molecule has 2 N–H and O–H groups in total. The lowest BCUT2D eigenvalue weighted by atomic mass is 10.0. The molecule has 26 heavy (non-hydrogen) atoms.